The number of aromatic nitrogens is 3. The number of pyridine rings is 1. The zero-order valence-electron chi connectivity index (χ0n) is 25.0. The number of halogens is 1. The molecule has 9 nitrogen and oxygen atoms in total. The molecular formula is C34H36FN5O4. The summed E-state index contributed by atoms with van der Waals surface area (Å²) < 4.78 is 39.9. The van der Waals surface area contributed by atoms with Crippen LogP contribution in [0.2, 0.25) is 0 Å². The molecule has 0 radical (unpaired) electrons. The maximum atomic E-state index is 16.8. The molecule has 4 aliphatic rings. The van der Waals surface area contributed by atoms with E-state index in [0.29, 0.717) is 22.5 Å². The van der Waals surface area contributed by atoms with Gasteiger partial charge in [-0.3, -0.25) is 4.98 Å². The highest BCUT2D eigenvalue weighted by Crippen LogP contribution is 2.42. The van der Waals surface area contributed by atoms with E-state index < -0.39 is 5.82 Å². The van der Waals surface area contributed by atoms with Gasteiger partial charge in [-0.25, -0.2) is 4.39 Å². The minimum Gasteiger partial charge on any atom is -0.468 e. The van der Waals surface area contributed by atoms with Crippen molar-refractivity contribution in [3.05, 3.63) is 59.9 Å². The van der Waals surface area contributed by atoms with E-state index in [4.69, 9.17) is 33.9 Å². The van der Waals surface area contributed by atoms with Crippen molar-refractivity contribution in [2.24, 2.45) is 5.41 Å². The van der Waals surface area contributed by atoms with Gasteiger partial charge in [0, 0.05) is 58.1 Å². The molecule has 3 fully saturated rings. The molecule has 0 unspecified atom stereocenters. The van der Waals surface area contributed by atoms with Crippen LogP contribution in [-0.4, -0.2) is 73.1 Å². The number of nitrogens with zero attached hydrogens (tertiary/aromatic N) is 5. The lowest BCUT2D eigenvalue weighted by atomic mass is 9.78. The van der Waals surface area contributed by atoms with Crippen molar-refractivity contribution < 1.29 is 23.3 Å². The van der Waals surface area contributed by atoms with E-state index in [2.05, 4.69) is 9.80 Å². The molecule has 4 aliphatic heterocycles. The molecule has 3 saturated heterocycles. The van der Waals surface area contributed by atoms with E-state index in [0.717, 1.165) is 94.4 Å². The summed E-state index contributed by atoms with van der Waals surface area (Å²) in [5, 5.41) is 2.37. The van der Waals surface area contributed by atoms with Crippen LogP contribution >= 0.6 is 0 Å². The summed E-state index contributed by atoms with van der Waals surface area (Å²) >= 11 is 0. The third kappa shape index (κ3) is 4.80. The van der Waals surface area contributed by atoms with Crippen LogP contribution in [0.15, 0.2) is 54.1 Å². The van der Waals surface area contributed by atoms with Crippen LogP contribution in [0, 0.1) is 11.2 Å². The lowest BCUT2D eigenvalue weighted by molar-refractivity contribution is 0.0512. The number of allylic oxidation sites excluding steroid dienone is 1. The van der Waals surface area contributed by atoms with E-state index >= 15 is 4.39 Å². The van der Waals surface area contributed by atoms with Crippen LogP contribution < -0.4 is 14.4 Å². The molecule has 0 N–H and O–H groups in total. The molecule has 8 rings (SSSR count). The van der Waals surface area contributed by atoms with Gasteiger partial charge in [0.05, 0.1) is 17.7 Å². The molecule has 2 aromatic carbocycles. The lowest BCUT2D eigenvalue weighted by Gasteiger charge is -2.39. The first-order valence-corrected chi connectivity index (χ1v) is 15.6. The van der Waals surface area contributed by atoms with Crippen molar-refractivity contribution >= 4 is 27.5 Å². The second kappa shape index (κ2) is 11.2. The van der Waals surface area contributed by atoms with E-state index in [-0.39, 0.29) is 29.4 Å². The van der Waals surface area contributed by atoms with Crippen molar-refractivity contribution in [2.75, 3.05) is 58.2 Å². The molecule has 10 heteroatoms. The monoisotopic (exact) mass is 597 g/mol. The molecule has 0 amide bonds. The van der Waals surface area contributed by atoms with Gasteiger partial charge in [-0.05, 0) is 60.4 Å². The van der Waals surface area contributed by atoms with Crippen molar-refractivity contribution in [1.82, 2.24) is 19.9 Å². The molecule has 228 valence electrons. The topological polar surface area (TPSA) is 82.1 Å². The van der Waals surface area contributed by atoms with E-state index in [1.807, 2.05) is 36.4 Å². The summed E-state index contributed by atoms with van der Waals surface area (Å²) in [5.74, 6) is 1.64. The van der Waals surface area contributed by atoms with Gasteiger partial charge in [0.2, 0.25) is 0 Å². The second-order valence-electron chi connectivity index (χ2n) is 12.4. The molecule has 44 heavy (non-hydrogen) atoms. The predicted molar refractivity (Wildman–Crippen MR) is 165 cm³/mol. The van der Waals surface area contributed by atoms with Crippen molar-refractivity contribution in [3.63, 3.8) is 0 Å². The zero-order chi connectivity index (χ0) is 29.7. The number of hydrogen-bond donors (Lipinski definition) is 0. The largest absolute Gasteiger partial charge is 0.468 e. The van der Waals surface area contributed by atoms with Crippen molar-refractivity contribution in [3.8, 4) is 23.0 Å². The summed E-state index contributed by atoms with van der Waals surface area (Å²) in [6.07, 6.45) is 7.74. The van der Waals surface area contributed by atoms with Crippen LogP contribution in [0.25, 0.3) is 32.9 Å². The van der Waals surface area contributed by atoms with E-state index in [1.165, 1.54) is 5.70 Å². The second-order valence-corrected chi connectivity index (χ2v) is 12.4. The Balaban J connectivity index is 1.25. The molecule has 0 bridgehead atoms. The molecular weight excluding hydrogens is 561 g/mol. The van der Waals surface area contributed by atoms with Crippen LogP contribution in [0.3, 0.4) is 0 Å². The maximum absolute atomic E-state index is 16.8. The van der Waals surface area contributed by atoms with Gasteiger partial charge in [-0.2, -0.15) is 9.97 Å². The first kappa shape index (κ1) is 27.5. The number of rotatable bonds is 7. The Morgan fingerprint density at radius 1 is 0.977 bits per heavy atom. The molecule has 2 aromatic heterocycles. The first-order valence-electron chi connectivity index (χ1n) is 15.6. The fourth-order valence-electron chi connectivity index (χ4n) is 7.32. The van der Waals surface area contributed by atoms with Crippen molar-refractivity contribution in [2.45, 2.75) is 38.5 Å². The fraction of sp³-hybridized carbons (Fsp3) is 0.441. The normalized spacial score (nSPS) is 19.5. The highest BCUT2D eigenvalue weighted by Gasteiger charge is 2.39. The zero-order valence-corrected chi connectivity index (χ0v) is 25.0. The van der Waals surface area contributed by atoms with Gasteiger partial charge in [-0.15, -0.1) is 0 Å². The maximum Gasteiger partial charge on any atom is 0.324 e. The van der Waals surface area contributed by atoms with Crippen LogP contribution in [0.1, 0.15) is 38.5 Å². The Morgan fingerprint density at radius 2 is 1.86 bits per heavy atom. The number of benzene rings is 2. The summed E-state index contributed by atoms with van der Waals surface area (Å²) in [7, 11) is 1.57. The minimum atomic E-state index is -0.505. The molecule has 4 aromatic rings. The minimum absolute atomic E-state index is 0.0845. The quantitative estimate of drug-likeness (QED) is 0.236. The third-order valence-electron chi connectivity index (χ3n) is 9.75. The smallest absolute Gasteiger partial charge is 0.324 e. The Morgan fingerprint density at radius 3 is 2.70 bits per heavy atom. The molecule has 6 heterocycles. The van der Waals surface area contributed by atoms with Gasteiger partial charge in [-0.1, -0.05) is 24.3 Å². The summed E-state index contributed by atoms with van der Waals surface area (Å²) in [6.45, 7) is 5.34. The number of anilines is 1. The van der Waals surface area contributed by atoms with Gasteiger partial charge in [0.1, 0.15) is 28.5 Å². The standard InChI is InChI=1S/C34H36FN5O4/c1-41-21-43-23-17-22-5-2-3-6-24(22)25(18-23)30-29(35)31-26(19-36-30)32(40-14-9-34(10-15-40)11-16-42-20-34)38-33(37-31)44-28-8-13-39-12-4-7-27(28)39/h2-3,5-6,17-19H,4,7-16,20-21H2,1H3. The van der Waals surface area contributed by atoms with Crippen molar-refractivity contribution in [1.29, 1.82) is 0 Å². The number of methoxy groups -OCH3 is 1. The summed E-state index contributed by atoms with van der Waals surface area (Å²) in [4.78, 5) is 19.0. The number of piperidine rings is 1. The van der Waals surface area contributed by atoms with Gasteiger partial charge in [0.25, 0.3) is 0 Å². The summed E-state index contributed by atoms with van der Waals surface area (Å²) in [5.41, 5.74) is 2.50. The first-order chi connectivity index (χ1) is 21.6. The lowest BCUT2D eigenvalue weighted by Crippen LogP contribution is -2.41. The van der Waals surface area contributed by atoms with Crippen LogP contribution in [-0.2, 0) is 9.47 Å². The Kier molecular flexibility index (Phi) is 6.98. The fourth-order valence-corrected chi connectivity index (χ4v) is 7.32. The highest BCUT2D eigenvalue weighted by molar-refractivity contribution is 6.00. The Labute approximate surface area is 255 Å². The average molecular weight is 598 g/mol. The number of ether oxygens (including phenoxy) is 4. The van der Waals surface area contributed by atoms with Gasteiger partial charge >= 0.3 is 6.01 Å². The molecule has 0 saturated carbocycles. The van der Waals surface area contributed by atoms with Gasteiger partial charge in [0.15, 0.2) is 12.6 Å². The SMILES string of the molecule is COCOc1cc(-c2ncc3c(N4CCC5(CCOC5)CC4)nc(OC4=C5CCCN5CC4)nc3c2F)c2ccccc2c1. The number of fused-ring (bicyclic) bond motifs is 3. The Bertz CT molecular complexity index is 1760. The predicted octanol–water partition coefficient (Wildman–Crippen LogP) is 6.06. The molecule has 0 aliphatic carbocycles. The average Bonchev–Trinajstić information content (AvgIpc) is 3.80. The molecule has 1 spiro atoms. The van der Waals surface area contributed by atoms with E-state index in [9.17, 15) is 0 Å². The van der Waals surface area contributed by atoms with Crippen LogP contribution in [0.5, 0.6) is 11.8 Å². The van der Waals surface area contributed by atoms with E-state index in [1.54, 1.807) is 13.3 Å². The molecule has 0 atom stereocenters. The third-order valence-corrected chi connectivity index (χ3v) is 9.75. The van der Waals surface area contributed by atoms with Crippen LogP contribution in [0.4, 0.5) is 10.2 Å². The number of hydrogen-bond acceptors (Lipinski definition) is 9. The Hall–Kier alpha value is -4.02. The van der Waals surface area contributed by atoms with Gasteiger partial charge < -0.3 is 28.7 Å². The highest BCUT2D eigenvalue weighted by atomic mass is 19.1. The summed E-state index contributed by atoms with van der Waals surface area (Å²) in [6, 6.07) is 11.7.